The summed E-state index contributed by atoms with van der Waals surface area (Å²) in [6.45, 7) is 0.584. The standard InChI is InChI=1S/C19H25F2N3O4/c1-19(9-6-13-2-4-15(5-3-13)28-17(20)21)16(26)24(18(27)22-19)12-23-10-7-14(25)8-11-23/h2-5,14,17,25H,6-12H2,1H3,(H,22,27)/p+1/t19-/m0/s1. The quantitative estimate of drug-likeness (QED) is 0.585. The Kier molecular flexibility index (Phi) is 6.14. The first kappa shape index (κ1) is 20.5. The number of hydrogen-bond acceptors (Lipinski definition) is 4. The highest BCUT2D eigenvalue weighted by Crippen LogP contribution is 2.24. The zero-order valence-electron chi connectivity index (χ0n) is 15.8. The molecular formula is C19H26F2N3O4+. The number of rotatable bonds is 7. The molecule has 1 atom stereocenters. The summed E-state index contributed by atoms with van der Waals surface area (Å²) in [5.74, 6) is -0.176. The van der Waals surface area contributed by atoms with Gasteiger partial charge in [0.25, 0.3) is 5.91 Å². The number of hydrogen-bond donors (Lipinski definition) is 3. The van der Waals surface area contributed by atoms with Gasteiger partial charge in [-0.25, -0.2) is 9.69 Å². The SMILES string of the molecule is C[C@@]1(CCc2ccc(OC(F)F)cc2)NC(=O)N(C[NH+]2CCC(O)CC2)C1=O. The molecule has 2 aliphatic rings. The van der Waals surface area contributed by atoms with Crippen molar-refractivity contribution in [2.45, 2.75) is 50.9 Å². The van der Waals surface area contributed by atoms with Gasteiger partial charge in [-0.3, -0.25) is 4.79 Å². The highest BCUT2D eigenvalue weighted by Gasteiger charge is 2.48. The van der Waals surface area contributed by atoms with Crippen molar-refractivity contribution in [3.05, 3.63) is 29.8 Å². The average molecular weight is 398 g/mol. The molecule has 154 valence electrons. The molecule has 0 radical (unpaired) electrons. The van der Waals surface area contributed by atoms with Gasteiger partial charge in [-0.15, -0.1) is 0 Å². The Hall–Kier alpha value is -2.26. The number of aryl methyl sites for hydroxylation is 1. The molecule has 0 aromatic heterocycles. The largest absolute Gasteiger partial charge is 0.435 e. The number of nitrogens with zero attached hydrogens (tertiary/aromatic N) is 1. The molecule has 2 aliphatic heterocycles. The zero-order valence-corrected chi connectivity index (χ0v) is 15.8. The van der Waals surface area contributed by atoms with E-state index in [0.29, 0.717) is 32.4 Å². The number of alkyl halides is 2. The maximum absolute atomic E-state index is 12.8. The van der Waals surface area contributed by atoms with Crippen LogP contribution in [0.25, 0.3) is 0 Å². The van der Waals surface area contributed by atoms with Gasteiger partial charge < -0.3 is 20.1 Å². The lowest BCUT2D eigenvalue weighted by molar-refractivity contribution is -0.913. The minimum atomic E-state index is -2.87. The Morgan fingerprint density at radius 2 is 1.93 bits per heavy atom. The number of aliphatic hydroxyl groups is 1. The van der Waals surface area contributed by atoms with Crippen LogP contribution in [0.4, 0.5) is 13.6 Å². The maximum atomic E-state index is 12.8. The van der Waals surface area contributed by atoms with Gasteiger partial charge in [-0.2, -0.15) is 8.78 Å². The van der Waals surface area contributed by atoms with Crippen LogP contribution in [0.1, 0.15) is 31.7 Å². The first-order valence-corrected chi connectivity index (χ1v) is 9.46. The van der Waals surface area contributed by atoms with E-state index < -0.39 is 18.2 Å². The molecule has 0 spiro atoms. The highest BCUT2D eigenvalue weighted by molar-refractivity contribution is 6.06. The number of likely N-dealkylation sites (tertiary alicyclic amines) is 1. The smallest absolute Gasteiger partial charge is 0.387 e. The predicted octanol–water partition coefficient (Wildman–Crippen LogP) is 0.528. The molecule has 0 saturated carbocycles. The lowest BCUT2D eigenvalue weighted by Gasteiger charge is -2.29. The molecule has 2 saturated heterocycles. The Bertz CT molecular complexity index is 708. The van der Waals surface area contributed by atoms with Crippen LogP contribution < -0.4 is 15.0 Å². The molecule has 2 heterocycles. The van der Waals surface area contributed by atoms with Crippen LogP contribution in [0.3, 0.4) is 0 Å². The number of urea groups is 1. The lowest BCUT2D eigenvalue weighted by atomic mass is 9.93. The third-order valence-electron chi connectivity index (χ3n) is 5.45. The number of aliphatic hydroxyl groups excluding tert-OH is 1. The Labute approximate surface area is 162 Å². The molecule has 3 amide bonds. The molecule has 0 unspecified atom stereocenters. The van der Waals surface area contributed by atoms with E-state index in [2.05, 4.69) is 10.1 Å². The minimum absolute atomic E-state index is 0.0796. The topological polar surface area (TPSA) is 83.3 Å². The molecule has 3 N–H and O–H groups in total. The van der Waals surface area contributed by atoms with Gasteiger partial charge in [-0.05, 0) is 37.5 Å². The molecule has 1 aromatic carbocycles. The number of amides is 3. The predicted molar refractivity (Wildman–Crippen MR) is 96.0 cm³/mol. The first-order chi connectivity index (χ1) is 13.3. The van der Waals surface area contributed by atoms with Crippen LogP contribution >= 0.6 is 0 Å². The van der Waals surface area contributed by atoms with Crippen LogP contribution in [0, 0.1) is 0 Å². The average Bonchev–Trinajstić information content (AvgIpc) is 2.86. The second-order valence-corrected chi connectivity index (χ2v) is 7.66. The minimum Gasteiger partial charge on any atom is -0.435 e. The van der Waals surface area contributed by atoms with Gasteiger partial charge in [-0.1, -0.05) is 12.1 Å². The van der Waals surface area contributed by atoms with Gasteiger partial charge in [0, 0.05) is 12.8 Å². The summed E-state index contributed by atoms with van der Waals surface area (Å²) in [5, 5.41) is 12.4. The number of ether oxygens (including phenoxy) is 1. The monoisotopic (exact) mass is 398 g/mol. The fourth-order valence-corrected chi connectivity index (χ4v) is 3.68. The summed E-state index contributed by atoms with van der Waals surface area (Å²) in [4.78, 5) is 27.6. The summed E-state index contributed by atoms with van der Waals surface area (Å²) < 4.78 is 28.7. The molecule has 0 aliphatic carbocycles. The van der Waals surface area contributed by atoms with E-state index in [1.807, 2.05) is 0 Å². The van der Waals surface area contributed by atoms with Crippen molar-refractivity contribution < 1.29 is 33.1 Å². The maximum Gasteiger partial charge on any atom is 0.387 e. The van der Waals surface area contributed by atoms with Crippen molar-refractivity contribution in [1.82, 2.24) is 10.2 Å². The van der Waals surface area contributed by atoms with E-state index in [4.69, 9.17) is 0 Å². The molecule has 3 rings (SSSR count). The van der Waals surface area contributed by atoms with Crippen molar-refractivity contribution in [1.29, 1.82) is 0 Å². The third-order valence-corrected chi connectivity index (χ3v) is 5.45. The van der Waals surface area contributed by atoms with E-state index in [1.54, 1.807) is 19.1 Å². The number of quaternary nitrogens is 1. The van der Waals surface area contributed by atoms with Gasteiger partial charge in [0.2, 0.25) is 0 Å². The Morgan fingerprint density at radius 3 is 2.54 bits per heavy atom. The fraction of sp³-hybridized carbons (Fsp3) is 0.579. The zero-order chi connectivity index (χ0) is 20.3. The second kappa shape index (κ2) is 8.40. The Morgan fingerprint density at radius 1 is 1.29 bits per heavy atom. The highest BCUT2D eigenvalue weighted by atomic mass is 19.3. The van der Waals surface area contributed by atoms with Crippen molar-refractivity contribution >= 4 is 11.9 Å². The number of imide groups is 1. The summed E-state index contributed by atoms with van der Waals surface area (Å²) in [5.41, 5.74) is -0.136. The molecule has 28 heavy (non-hydrogen) atoms. The van der Waals surface area contributed by atoms with E-state index in [9.17, 15) is 23.5 Å². The van der Waals surface area contributed by atoms with Crippen molar-refractivity contribution in [3.8, 4) is 5.75 Å². The van der Waals surface area contributed by atoms with Crippen LogP contribution in [-0.2, 0) is 11.2 Å². The fourth-order valence-electron chi connectivity index (χ4n) is 3.68. The number of benzene rings is 1. The van der Waals surface area contributed by atoms with Gasteiger partial charge in [0.15, 0.2) is 6.67 Å². The summed E-state index contributed by atoms with van der Waals surface area (Å²) in [6, 6.07) is 5.86. The van der Waals surface area contributed by atoms with Crippen molar-refractivity contribution in [2.24, 2.45) is 0 Å². The molecule has 1 aromatic rings. The number of carbonyl (C=O) groups is 2. The van der Waals surface area contributed by atoms with Gasteiger partial charge in [0.05, 0.1) is 19.2 Å². The third kappa shape index (κ3) is 4.77. The second-order valence-electron chi connectivity index (χ2n) is 7.66. The molecule has 9 heteroatoms. The van der Waals surface area contributed by atoms with Crippen LogP contribution in [0.2, 0.25) is 0 Å². The normalized spacial score (nSPS) is 28.0. The van der Waals surface area contributed by atoms with Gasteiger partial charge >= 0.3 is 12.6 Å². The first-order valence-electron chi connectivity index (χ1n) is 9.46. The molecule has 2 fully saturated rings. The Balaban J connectivity index is 1.56. The van der Waals surface area contributed by atoms with Crippen LogP contribution in [0.5, 0.6) is 5.75 Å². The summed E-state index contributed by atoms with van der Waals surface area (Å²) >= 11 is 0. The number of nitrogens with one attached hydrogen (secondary N) is 2. The summed E-state index contributed by atoms with van der Waals surface area (Å²) in [6.07, 6.45) is 1.95. The van der Waals surface area contributed by atoms with E-state index in [-0.39, 0.29) is 17.8 Å². The van der Waals surface area contributed by atoms with Crippen LogP contribution in [-0.4, -0.2) is 60.0 Å². The van der Waals surface area contributed by atoms with E-state index in [1.165, 1.54) is 17.0 Å². The van der Waals surface area contributed by atoms with E-state index >= 15 is 0 Å². The van der Waals surface area contributed by atoms with Crippen LogP contribution in [0.15, 0.2) is 24.3 Å². The lowest BCUT2D eigenvalue weighted by Crippen LogP contribution is -3.14. The van der Waals surface area contributed by atoms with Crippen molar-refractivity contribution in [2.75, 3.05) is 19.8 Å². The number of halogens is 2. The molecular weight excluding hydrogens is 372 g/mol. The molecule has 7 nitrogen and oxygen atoms in total. The number of piperidine rings is 1. The van der Waals surface area contributed by atoms with Gasteiger partial charge in [0.1, 0.15) is 11.3 Å². The van der Waals surface area contributed by atoms with Crippen molar-refractivity contribution in [3.63, 3.8) is 0 Å². The number of carbonyl (C=O) groups excluding carboxylic acids is 2. The summed E-state index contributed by atoms with van der Waals surface area (Å²) in [7, 11) is 0. The molecule has 0 bridgehead atoms. The van der Waals surface area contributed by atoms with E-state index in [0.717, 1.165) is 23.6 Å².